The van der Waals surface area contributed by atoms with Gasteiger partial charge in [-0.3, -0.25) is 9.69 Å². The normalized spacial score (nSPS) is 16.7. The summed E-state index contributed by atoms with van der Waals surface area (Å²) in [5.41, 5.74) is 7.04. The second kappa shape index (κ2) is 10.5. The van der Waals surface area contributed by atoms with Crippen molar-refractivity contribution in [2.24, 2.45) is 5.73 Å². The number of hydrogen-bond acceptors (Lipinski definition) is 4. The van der Waals surface area contributed by atoms with Crippen LogP contribution in [0, 0.1) is 0 Å². The van der Waals surface area contributed by atoms with E-state index in [0.29, 0.717) is 6.42 Å². The van der Waals surface area contributed by atoms with Gasteiger partial charge in [-0.05, 0) is 56.4 Å². The predicted octanol–water partition coefficient (Wildman–Crippen LogP) is 5.18. The largest absolute Gasteiger partial charge is 0.497 e. The van der Waals surface area contributed by atoms with E-state index in [1.165, 1.54) is 0 Å². The number of hydrogen-bond donors (Lipinski definition) is 1. The van der Waals surface area contributed by atoms with Gasteiger partial charge in [0.25, 0.3) is 0 Å². The molecule has 0 aliphatic carbocycles. The summed E-state index contributed by atoms with van der Waals surface area (Å²) in [4.78, 5) is 15.6. The van der Waals surface area contributed by atoms with Gasteiger partial charge in [0, 0.05) is 24.7 Å². The number of nitrogens with two attached hydrogens (primary N) is 1. The van der Waals surface area contributed by atoms with Crippen LogP contribution in [0.15, 0.2) is 84.9 Å². The average Bonchev–Trinajstić information content (AvgIpc) is 3.35. The van der Waals surface area contributed by atoms with Crippen LogP contribution in [-0.2, 0) is 10.2 Å². The van der Waals surface area contributed by atoms with Gasteiger partial charge < -0.3 is 15.2 Å². The highest BCUT2D eigenvalue weighted by Gasteiger charge is 2.43. The quantitative estimate of drug-likeness (QED) is 0.442. The number of carbonyl (C=O) groups excluding carboxylic acids is 1. The van der Waals surface area contributed by atoms with Crippen molar-refractivity contribution >= 4 is 5.91 Å². The van der Waals surface area contributed by atoms with Gasteiger partial charge in [-0.15, -0.1) is 0 Å². The molecule has 1 heterocycles. The third-order valence-corrected chi connectivity index (χ3v) is 7.41. The first kappa shape index (κ1) is 24.8. The average molecular weight is 473 g/mol. The van der Waals surface area contributed by atoms with Crippen molar-refractivity contribution in [1.29, 1.82) is 0 Å². The lowest BCUT2D eigenvalue weighted by atomic mass is 9.69. The summed E-state index contributed by atoms with van der Waals surface area (Å²) in [5.74, 6) is 1.31. The standard InChI is InChI=1S/C30H36N2O3/c1-29(2,32-20-17-27(22-32)35-26-16-10-15-25(21-26)34-3)18-19-30(28(31)33,23-11-6-4-7-12-23)24-13-8-5-9-14-24/h4-16,21,27H,17-20,22H2,1-3H3,(H2,31,33)/t27-/m0/s1. The molecule has 0 bridgehead atoms. The van der Waals surface area contributed by atoms with Crippen molar-refractivity contribution in [3.8, 4) is 11.5 Å². The first-order chi connectivity index (χ1) is 16.8. The molecule has 1 aliphatic heterocycles. The molecule has 1 fully saturated rings. The fourth-order valence-electron chi connectivity index (χ4n) is 5.20. The third kappa shape index (κ3) is 5.35. The molecular formula is C30H36N2O3. The molecule has 4 rings (SSSR count). The van der Waals surface area contributed by atoms with E-state index in [9.17, 15) is 4.79 Å². The smallest absolute Gasteiger partial charge is 0.232 e. The summed E-state index contributed by atoms with van der Waals surface area (Å²) < 4.78 is 11.6. The lowest BCUT2D eigenvalue weighted by molar-refractivity contribution is -0.122. The Kier molecular flexibility index (Phi) is 7.46. The zero-order valence-electron chi connectivity index (χ0n) is 20.9. The molecule has 184 valence electrons. The van der Waals surface area contributed by atoms with Crippen LogP contribution in [0.25, 0.3) is 0 Å². The summed E-state index contributed by atoms with van der Waals surface area (Å²) in [7, 11) is 1.66. The fourth-order valence-corrected chi connectivity index (χ4v) is 5.20. The molecule has 1 saturated heterocycles. The van der Waals surface area contributed by atoms with Crippen LogP contribution in [0.1, 0.15) is 44.2 Å². The van der Waals surface area contributed by atoms with Gasteiger partial charge in [0.1, 0.15) is 17.6 Å². The Bertz CT molecular complexity index is 1080. The van der Waals surface area contributed by atoms with Crippen molar-refractivity contribution in [1.82, 2.24) is 4.90 Å². The van der Waals surface area contributed by atoms with Crippen LogP contribution >= 0.6 is 0 Å². The third-order valence-electron chi connectivity index (χ3n) is 7.41. The molecule has 0 saturated carbocycles. The number of nitrogens with zero attached hydrogens (tertiary/aromatic N) is 1. The Balaban J connectivity index is 1.51. The molecular weight excluding hydrogens is 436 g/mol. The molecule has 3 aromatic rings. The lowest BCUT2D eigenvalue weighted by Crippen LogP contribution is -2.47. The summed E-state index contributed by atoms with van der Waals surface area (Å²) in [5, 5.41) is 0. The van der Waals surface area contributed by atoms with Crippen LogP contribution < -0.4 is 15.2 Å². The van der Waals surface area contributed by atoms with Crippen LogP contribution in [0.2, 0.25) is 0 Å². The highest BCUT2D eigenvalue weighted by atomic mass is 16.5. The number of amides is 1. The van der Waals surface area contributed by atoms with E-state index in [1.54, 1.807) is 7.11 Å². The molecule has 0 unspecified atom stereocenters. The molecule has 0 radical (unpaired) electrons. The number of methoxy groups -OCH3 is 1. The Morgan fingerprint density at radius 3 is 2.09 bits per heavy atom. The van der Waals surface area contributed by atoms with Gasteiger partial charge in [-0.1, -0.05) is 66.7 Å². The topological polar surface area (TPSA) is 64.8 Å². The summed E-state index contributed by atoms with van der Waals surface area (Å²) in [6.45, 7) is 6.29. The number of rotatable bonds is 10. The van der Waals surface area contributed by atoms with Crippen LogP contribution in [-0.4, -0.2) is 42.6 Å². The summed E-state index contributed by atoms with van der Waals surface area (Å²) in [6.07, 6.45) is 2.51. The van der Waals surface area contributed by atoms with Gasteiger partial charge in [-0.25, -0.2) is 0 Å². The number of ether oxygens (including phenoxy) is 2. The van der Waals surface area contributed by atoms with E-state index in [2.05, 4.69) is 18.7 Å². The number of carbonyl (C=O) groups is 1. The van der Waals surface area contributed by atoms with Gasteiger partial charge >= 0.3 is 0 Å². The highest BCUT2D eigenvalue weighted by molar-refractivity contribution is 5.90. The summed E-state index contributed by atoms with van der Waals surface area (Å²) >= 11 is 0. The predicted molar refractivity (Wildman–Crippen MR) is 140 cm³/mol. The monoisotopic (exact) mass is 472 g/mol. The van der Waals surface area contributed by atoms with E-state index >= 15 is 0 Å². The molecule has 3 aromatic carbocycles. The van der Waals surface area contributed by atoms with Gasteiger partial charge in [-0.2, -0.15) is 0 Å². The van der Waals surface area contributed by atoms with E-state index in [4.69, 9.17) is 15.2 Å². The zero-order valence-corrected chi connectivity index (χ0v) is 20.9. The van der Waals surface area contributed by atoms with Crippen LogP contribution in [0.5, 0.6) is 11.5 Å². The maximum absolute atomic E-state index is 13.1. The highest BCUT2D eigenvalue weighted by Crippen LogP contribution is 2.40. The van der Waals surface area contributed by atoms with Crippen molar-refractivity contribution in [3.63, 3.8) is 0 Å². The molecule has 5 heteroatoms. The van der Waals surface area contributed by atoms with E-state index in [0.717, 1.165) is 48.6 Å². The van der Waals surface area contributed by atoms with Crippen molar-refractivity contribution < 1.29 is 14.3 Å². The van der Waals surface area contributed by atoms with E-state index < -0.39 is 5.41 Å². The maximum atomic E-state index is 13.1. The Labute approximate surface area is 208 Å². The van der Waals surface area contributed by atoms with Crippen LogP contribution in [0.3, 0.4) is 0 Å². The first-order valence-electron chi connectivity index (χ1n) is 12.3. The SMILES string of the molecule is COc1cccc(O[C@H]2CCN(C(C)(C)CCC(C(N)=O)(c3ccccc3)c3ccccc3)C2)c1. The van der Waals surface area contributed by atoms with Crippen molar-refractivity contribution in [3.05, 3.63) is 96.1 Å². The molecule has 2 N–H and O–H groups in total. The molecule has 1 aliphatic rings. The van der Waals surface area contributed by atoms with Gasteiger partial charge in [0.2, 0.25) is 5.91 Å². The molecule has 0 aromatic heterocycles. The zero-order chi connectivity index (χ0) is 24.9. The second-order valence-corrected chi connectivity index (χ2v) is 9.97. The van der Waals surface area contributed by atoms with Gasteiger partial charge in [0.05, 0.1) is 12.5 Å². The minimum absolute atomic E-state index is 0.116. The Morgan fingerprint density at radius 1 is 0.914 bits per heavy atom. The van der Waals surface area contributed by atoms with Gasteiger partial charge in [0.15, 0.2) is 0 Å². The molecule has 1 atom stereocenters. The molecule has 5 nitrogen and oxygen atoms in total. The van der Waals surface area contributed by atoms with Crippen molar-refractivity contribution in [2.45, 2.75) is 50.2 Å². The Hall–Kier alpha value is -3.31. The molecule has 0 spiro atoms. The second-order valence-electron chi connectivity index (χ2n) is 9.97. The number of primary amides is 1. The summed E-state index contributed by atoms with van der Waals surface area (Å²) in [6, 6.07) is 27.6. The Morgan fingerprint density at radius 2 is 1.51 bits per heavy atom. The van der Waals surface area contributed by atoms with E-state index in [-0.39, 0.29) is 17.6 Å². The van der Waals surface area contributed by atoms with Crippen LogP contribution in [0.4, 0.5) is 0 Å². The van der Waals surface area contributed by atoms with Crippen molar-refractivity contribution in [2.75, 3.05) is 20.2 Å². The lowest BCUT2D eigenvalue weighted by Gasteiger charge is -2.40. The van der Waals surface area contributed by atoms with E-state index in [1.807, 2.05) is 84.9 Å². The number of benzene rings is 3. The minimum atomic E-state index is -0.879. The minimum Gasteiger partial charge on any atom is -0.497 e. The maximum Gasteiger partial charge on any atom is 0.232 e. The fraction of sp³-hybridized carbons (Fsp3) is 0.367. The number of likely N-dealkylation sites (tertiary alicyclic amines) is 1. The first-order valence-corrected chi connectivity index (χ1v) is 12.3. The molecule has 1 amide bonds. The molecule has 35 heavy (non-hydrogen) atoms.